The zero-order valence-corrected chi connectivity index (χ0v) is 13.2. The Morgan fingerprint density at radius 2 is 1.76 bits per heavy atom. The van der Waals surface area contributed by atoms with Crippen LogP contribution in [0.4, 0.5) is 10.1 Å². The van der Waals surface area contributed by atoms with E-state index < -0.39 is 0 Å². The van der Waals surface area contributed by atoms with E-state index in [2.05, 4.69) is 49.6 Å². The van der Waals surface area contributed by atoms with Crippen molar-refractivity contribution in [2.75, 3.05) is 5.32 Å². The molecule has 0 aliphatic rings. The van der Waals surface area contributed by atoms with Crippen molar-refractivity contribution in [1.29, 1.82) is 0 Å². The van der Waals surface area contributed by atoms with Gasteiger partial charge in [-0.2, -0.15) is 0 Å². The third-order valence-corrected chi connectivity index (χ3v) is 3.57. The van der Waals surface area contributed by atoms with E-state index in [1.807, 2.05) is 0 Å². The Kier molecular flexibility index (Phi) is 4.91. The molecule has 0 radical (unpaired) electrons. The third kappa shape index (κ3) is 4.26. The van der Waals surface area contributed by atoms with Gasteiger partial charge in [0.1, 0.15) is 5.82 Å². The maximum atomic E-state index is 12.9. The summed E-state index contributed by atoms with van der Waals surface area (Å²) in [6.45, 7) is 6.23. The minimum absolute atomic E-state index is 0.102. The minimum atomic E-state index is -0.261. The Hall–Kier alpha value is -1.94. The molecule has 0 heterocycles. The fraction of sp³-hybridized carbons (Fsp3) is 0.235. The first kappa shape index (κ1) is 15.4. The molecule has 21 heavy (non-hydrogen) atoms. The molecule has 2 N–H and O–H groups in total. The number of nitrogens with one attached hydrogen (secondary N) is 2. The van der Waals surface area contributed by atoms with Gasteiger partial charge in [0.25, 0.3) is 0 Å². The summed E-state index contributed by atoms with van der Waals surface area (Å²) >= 11 is 5.31. The molecular weight excluding hydrogens is 283 g/mol. The summed E-state index contributed by atoms with van der Waals surface area (Å²) in [6, 6.07) is 12.6. The molecule has 2 aromatic rings. The van der Waals surface area contributed by atoms with Crippen LogP contribution in [0.3, 0.4) is 0 Å². The van der Waals surface area contributed by atoms with E-state index in [1.165, 1.54) is 28.8 Å². The summed E-state index contributed by atoms with van der Waals surface area (Å²) in [5.74, 6) is -0.261. The van der Waals surface area contributed by atoms with Gasteiger partial charge in [0, 0.05) is 5.69 Å². The summed E-state index contributed by atoms with van der Waals surface area (Å²) < 4.78 is 12.9. The average molecular weight is 302 g/mol. The summed E-state index contributed by atoms with van der Waals surface area (Å²) in [4.78, 5) is 0. The molecule has 2 aromatic carbocycles. The number of halogens is 1. The predicted molar refractivity (Wildman–Crippen MR) is 90.1 cm³/mol. The number of rotatable bonds is 3. The van der Waals surface area contributed by atoms with Crippen LogP contribution in [0, 0.1) is 19.7 Å². The van der Waals surface area contributed by atoms with Gasteiger partial charge < -0.3 is 10.6 Å². The fourth-order valence-electron chi connectivity index (χ4n) is 2.20. The third-order valence-electron chi connectivity index (χ3n) is 3.35. The topological polar surface area (TPSA) is 24.1 Å². The highest BCUT2D eigenvalue weighted by molar-refractivity contribution is 7.80. The Balaban J connectivity index is 2.01. The van der Waals surface area contributed by atoms with E-state index in [4.69, 9.17) is 12.2 Å². The van der Waals surface area contributed by atoms with Crippen LogP contribution in [0.2, 0.25) is 0 Å². The second-order valence-electron chi connectivity index (χ2n) is 5.19. The summed E-state index contributed by atoms with van der Waals surface area (Å²) in [5, 5.41) is 6.83. The van der Waals surface area contributed by atoms with Crippen LogP contribution in [0.5, 0.6) is 0 Å². The van der Waals surface area contributed by atoms with Gasteiger partial charge in [0.15, 0.2) is 5.11 Å². The highest BCUT2D eigenvalue weighted by Gasteiger charge is 2.10. The number of hydrogen-bond donors (Lipinski definition) is 2. The first-order valence-electron chi connectivity index (χ1n) is 6.86. The van der Waals surface area contributed by atoms with Crippen LogP contribution in [-0.4, -0.2) is 5.11 Å². The van der Waals surface area contributed by atoms with Crippen LogP contribution < -0.4 is 10.6 Å². The Bertz CT molecular complexity index is 638. The number of anilines is 1. The number of aryl methyl sites for hydroxylation is 2. The van der Waals surface area contributed by atoms with Gasteiger partial charge in [-0.05, 0) is 68.4 Å². The van der Waals surface area contributed by atoms with E-state index in [-0.39, 0.29) is 11.9 Å². The minimum Gasteiger partial charge on any atom is -0.356 e. The average Bonchev–Trinajstić information content (AvgIpc) is 2.44. The lowest BCUT2D eigenvalue weighted by molar-refractivity contribution is 0.628. The van der Waals surface area contributed by atoms with Crippen molar-refractivity contribution >= 4 is 23.0 Å². The van der Waals surface area contributed by atoms with Crippen LogP contribution in [-0.2, 0) is 0 Å². The Morgan fingerprint density at radius 1 is 1.10 bits per heavy atom. The van der Waals surface area contributed by atoms with Crippen LogP contribution in [0.15, 0.2) is 42.5 Å². The van der Waals surface area contributed by atoms with Gasteiger partial charge in [-0.3, -0.25) is 0 Å². The molecular formula is C17H19FN2S. The van der Waals surface area contributed by atoms with Gasteiger partial charge in [0.05, 0.1) is 6.04 Å². The Labute approximate surface area is 130 Å². The van der Waals surface area contributed by atoms with Crippen molar-refractivity contribution in [1.82, 2.24) is 5.32 Å². The molecule has 0 aliphatic heterocycles. The predicted octanol–water partition coefficient (Wildman–Crippen LogP) is 4.49. The zero-order valence-electron chi connectivity index (χ0n) is 12.4. The molecule has 0 aliphatic carbocycles. The van der Waals surface area contributed by atoms with Crippen LogP contribution in [0.1, 0.15) is 29.7 Å². The van der Waals surface area contributed by atoms with Crippen molar-refractivity contribution in [2.45, 2.75) is 26.8 Å². The van der Waals surface area contributed by atoms with E-state index in [0.29, 0.717) is 5.11 Å². The first-order valence-corrected chi connectivity index (χ1v) is 7.27. The lowest BCUT2D eigenvalue weighted by Crippen LogP contribution is -2.31. The van der Waals surface area contributed by atoms with Crippen molar-refractivity contribution < 1.29 is 4.39 Å². The molecule has 0 aromatic heterocycles. The summed E-state index contributed by atoms with van der Waals surface area (Å²) in [7, 11) is 0. The standard InChI is InChI=1S/C17H19FN2S/c1-11-4-5-12(2)16(10-11)13(3)19-17(21)20-15-8-6-14(18)7-9-15/h4-10,13H,1-3H3,(H2,19,20,21)/t13-/m0/s1. The lowest BCUT2D eigenvalue weighted by atomic mass is 10.0. The lowest BCUT2D eigenvalue weighted by Gasteiger charge is -2.19. The van der Waals surface area contributed by atoms with Gasteiger partial charge in [-0.1, -0.05) is 23.8 Å². The fourth-order valence-corrected chi connectivity index (χ4v) is 2.50. The summed E-state index contributed by atoms with van der Waals surface area (Å²) in [5.41, 5.74) is 4.44. The number of thiocarbonyl (C=S) groups is 1. The molecule has 2 rings (SSSR count). The molecule has 0 spiro atoms. The maximum Gasteiger partial charge on any atom is 0.171 e. The normalized spacial score (nSPS) is 11.8. The van der Waals surface area contributed by atoms with E-state index in [9.17, 15) is 4.39 Å². The van der Waals surface area contributed by atoms with E-state index in [0.717, 1.165) is 5.69 Å². The molecule has 0 unspecified atom stereocenters. The quantitative estimate of drug-likeness (QED) is 0.817. The maximum absolute atomic E-state index is 12.9. The van der Waals surface area contributed by atoms with Crippen molar-refractivity contribution in [3.8, 4) is 0 Å². The highest BCUT2D eigenvalue weighted by Crippen LogP contribution is 2.19. The molecule has 110 valence electrons. The van der Waals surface area contributed by atoms with E-state index >= 15 is 0 Å². The summed E-state index contributed by atoms with van der Waals surface area (Å²) in [6.07, 6.45) is 0. The second-order valence-corrected chi connectivity index (χ2v) is 5.60. The van der Waals surface area contributed by atoms with Crippen molar-refractivity contribution in [2.24, 2.45) is 0 Å². The highest BCUT2D eigenvalue weighted by atomic mass is 32.1. The molecule has 1 atom stereocenters. The second kappa shape index (κ2) is 6.68. The molecule has 0 bridgehead atoms. The van der Waals surface area contributed by atoms with Gasteiger partial charge in [-0.15, -0.1) is 0 Å². The monoisotopic (exact) mass is 302 g/mol. The van der Waals surface area contributed by atoms with Crippen molar-refractivity contribution in [3.05, 3.63) is 65.0 Å². The largest absolute Gasteiger partial charge is 0.356 e. The van der Waals surface area contributed by atoms with Gasteiger partial charge in [0.2, 0.25) is 0 Å². The van der Waals surface area contributed by atoms with Crippen molar-refractivity contribution in [3.63, 3.8) is 0 Å². The van der Waals surface area contributed by atoms with E-state index in [1.54, 1.807) is 12.1 Å². The first-order chi connectivity index (χ1) is 9.95. The molecule has 2 nitrogen and oxygen atoms in total. The van der Waals surface area contributed by atoms with Gasteiger partial charge >= 0.3 is 0 Å². The molecule has 0 fully saturated rings. The van der Waals surface area contributed by atoms with Crippen LogP contribution in [0.25, 0.3) is 0 Å². The molecule has 0 amide bonds. The molecule has 0 saturated heterocycles. The molecule has 0 saturated carbocycles. The van der Waals surface area contributed by atoms with Crippen LogP contribution >= 0.6 is 12.2 Å². The zero-order chi connectivity index (χ0) is 15.4. The molecule has 4 heteroatoms. The number of benzene rings is 2. The van der Waals surface area contributed by atoms with Gasteiger partial charge in [-0.25, -0.2) is 4.39 Å². The smallest absolute Gasteiger partial charge is 0.171 e. The Morgan fingerprint density at radius 3 is 2.43 bits per heavy atom. The SMILES string of the molecule is Cc1ccc(C)c([C@H](C)NC(=S)Nc2ccc(F)cc2)c1. The number of hydrogen-bond acceptors (Lipinski definition) is 1.